The van der Waals surface area contributed by atoms with Crippen molar-refractivity contribution in [2.24, 2.45) is 0 Å². The second-order valence-electron chi connectivity index (χ2n) is 6.31. The zero-order valence-electron chi connectivity index (χ0n) is 13.4. The molecule has 0 saturated carbocycles. The molecule has 1 aliphatic rings. The van der Waals surface area contributed by atoms with Gasteiger partial charge in [0.2, 0.25) is 5.52 Å². The molecule has 6 rings (SSSR count). The number of pyridine rings is 1. The molecule has 0 radical (unpaired) electrons. The fourth-order valence-electron chi connectivity index (χ4n) is 3.89. The Kier molecular flexibility index (Phi) is 2.34. The molecule has 0 N–H and O–H groups in total. The highest BCUT2D eigenvalue weighted by Crippen LogP contribution is 2.34. The Bertz CT molecular complexity index is 1260. The maximum atomic E-state index is 4.67. The molecule has 0 bridgehead atoms. The van der Waals surface area contributed by atoms with Gasteiger partial charge in [0.1, 0.15) is 12.2 Å². The van der Waals surface area contributed by atoms with Crippen LogP contribution in [0.15, 0.2) is 73.3 Å². The molecule has 0 fully saturated rings. The van der Waals surface area contributed by atoms with E-state index in [-0.39, 0.29) is 0 Å². The van der Waals surface area contributed by atoms with Gasteiger partial charge in [0.05, 0.1) is 6.20 Å². The first-order valence-corrected chi connectivity index (χ1v) is 8.31. The Balaban J connectivity index is 1.84. The van der Waals surface area contributed by atoms with Gasteiger partial charge in [-0.1, -0.05) is 24.3 Å². The molecule has 25 heavy (non-hydrogen) atoms. The lowest BCUT2D eigenvalue weighted by atomic mass is 10.2. The topological polar surface area (TPSA) is 39.0 Å². The highest BCUT2D eigenvalue weighted by molar-refractivity contribution is 5.92. The average molecular weight is 324 g/mol. The molecule has 5 heteroatoms. The van der Waals surface area contributed by atoms with Crippen molar-refractivity contribution in [2.75, 3.05) is 0 Å². The number of aromatic nitrogens is 5. The van der Waals surface area contributed by atoms with E-state index < -0.39 is 0 Å². The van der Waals surface area contributed by atoms with Crippen molar-refractivity contribution in [3.63, 3.8) is 0 Å². The van der Waals surface area contributed by atoms with Crippen LogP contribution in [0, 0.1) is 0 Å². The van der Waals surface area contributed by atoms with Gasteiger partial charge in [0.15, 0.2) is 16.9 Å². The molecule has 0 aliphatic carbocycles. The lowest BCUT2D eigenvalue weighted by molar-refractivity contribution is -0.645. The summed E-state index contributed by atoms with van der Waals surface area (Å²) >= 11 is 0. The molecule has 4 aromatic heterocycles. The summed E-state index contributed by atoms with van der Waals surface area (Å²) in [6.07, 6.45) is 7.92. The van der Waals surface area contributed by atoms with Crippen molar-refractivity contribution in [1.82, 2.24) is 18.9 Å². The first-order chi connectivity index (χ1) is 12.4. The van der Waals surface area contributed by atoms with Gasteiger partial charge in [0.25, 0.3) is 0 Å². The zero-order valence-corrected chi connectivity index (χ0v) is 13.4. The molecule has 5 nitrogen and oxygen atoms in total. The Morgan fingerprint density at radius 2 is 1.80 bits per heavy atom. The summed E-state index contributed by atoms with van der Waals surface area (Å²) in [6.45, 7) is 0.839. The first kappa shape index (κ1) is 12.9. The minimum Gasteiger partial charge on any atom is -0.300 e. The largest absolute Gasteiger partial charge is 0.314 e. The van der Waals surface area contributed by atoms with Crippen LogP contribution in [0.5, 0.6) is 0 Å². The summed E-state index contributed by atoms with van der Waals surface area (Å²) in [4.78, 5) is 9.31. The van der Waals surface area contributed by atoms with Crippen LogP contribution in [0.4, 0.5) is 0 Å². The number of para-hydroxylation sites is 1. The molecule has 0 unspecified atom stereocenters. The third-order valence-electron chi connectivity index (χ3n) is 4.92. The quantitative estimate of drug-likeness (QED) is 0.436. The highest BCUT2D eigenvalue weighted by Gasteiger charge is 2.37. The Morgan fingerprint density at radius 1 is 0.920 bits per heavy atom. The van der Waals surface area contributed by atoms with E-state index >= 15 is 0 Å². The van der Waals surface area contributed by atoms with E-state index in [2.05, 4.69) is 60.0 Å². The van der Waals surface area contributed by atoms with E-state index in [0.29, 0.717) is 0 Å². The van der Waals surface area contributed by atoms with E-state index in [1.165, 1.54) is 11.1 Å². The highest BCUT2D eigenvalue weighted by atomic mass is 15.2. The first-order valence-electron chi connectivity index (χ1n) is 8.31. The Morgan fingerprint density at radius 3 is 2.72 bits per heavy atom. The number of fused-ring (bicyclic) bond motifs is 7. The predicted molar refractivity (Wildman–Crippen MR) is 94.6 cm³/mol. The van der Waals surface area contributed by atoms with Gasteiger partial charge in [-0.15, -0.1) is 0 Å². The molecule has 0 atom stereocenters. The minimum absolute atomic E-state index is 0.839. The van der Waals surface area contributed by atoms with Gasteiger partial charge in [-0.05, 0) is 24.3 Å². The third kappa shape index (κ3) is 1.59. The SMILES string of the molecule is c1ccc(-n2c3[n+](c4cn5cccnc5c42)Cc2cccnc2-3)cc1. The van der Waals surface area contributed by atoms with Crippen LogP contribution in [0.2, 0.25) is 0 Å². The van der Waals surface area contributed by atoms with Gasteiger partial charge >= 0.3 is 5.82 Å². The van der Waals surface area contributed by atoms with E-state index in [1.54, 1.807) is 0 Å². The third-order valence-corrected chi connectivity index (χ3v) is 4.92. The summed E-state index contributed by atoms with van der Waals surface area (Å²) in [6, 6.07) is 16.6. The molecular weight excluding hydrogens is 310 g/mol. The lowest BCUT2D eigenvalue weighted by Gasteiger charge is -2.01. The summed E-state index contributed by atoms with van der Waals surface area (Å²) < 4.78 is 6.72. The molecular formula is C20H14N5+. The van der Waals surface area contributed by atoms with Gasteiger partial charge in [-0.25, -0.2) is 14.5 Å². The number of rotatable bonds is 1. The second kappa shape index (κ2) is 4.54. The molecule has 0 amide bonds. The maximum Gasteiger partial charge on any atom is 0.314 e. The summed E-state index contributed by atoms with van der Waals surface area (Å²) in [5.74, 6) is 1.12. The standard InChI is InChI=1S/C20H14N5/c1-2-7-15(8-3-1)25-18-16(13-23-11-5-10-22-19(18)23)24-12-14-6-4-9-21-17(14)20(24)25/h1-11,13H,12H2/q+1. The maximum absolute atomic E-state index is 4.67. The van der Waals surface area contributed by atoms with Gasteiger partial charge < -0.3 is 4.40 Å². The van der Waals surface area contributed by atoms with Crippen molar-refractivity contribution < 1.29 is 4.57 Å². The van der Waals surface area contributed by atoms with Crippen LogP contribution < -0.4 is 4.57 Å². The van der Waals surface area contributed by atoms with Crippen LogP contribution in [0.1, 0.15) is 5.56 Å². The molecule has 1 aromatic carbocycles. The minimum atomic E-state index is 0.839. The van der Waals surface area contributed by atoms with Crippen molar-refractivity contribution >= 4 is 16.7 Å². The van der Waals surface area contributed by atoms with Gasteiger partial charge in [-0.2, -0.15) is 4.57 Å². The monoisotopic (exact) mass is 324 g/mol. The van der Waals surface area contributed by atoms with Crippen LogP contribution in [-0.2, 0) is 6.54 Å². The van der Waals surface area contributed by atoms with Crippen molar-refractivity contribution in [3.8, 4) is 17.2 Å². The predicted octanol–water partition coefficient (Wildman–Crippen LogP) is 2.99. The number of hydrogen-bond donors (Lipinski definition) is 0. The van der Waals surface area contributed by atoms with Crippen molar-refractivity contribution in [2.45, 2.75) is 6.54 Å². The van der Waals surface area contributed by atoms with Crippen LogP contribution in [-0.4, -0.2) is 18.9 Å². The number of nitrogens with zero attached hydrogens (tertiary/aromatic N) is 5. The van der Waals surface area contributed by atoms with Crippen molar-refractivity contribution in [3.05, 3.63) is 78.9 Å². The van der Waals surface area contributed by atoms with E-state index in [9.17, 15) is 0 Å². The summed E-state index contributed by atoms with van der Waals surface area (Å²) in [5, 5.41) is 0. The molecule has 5 heterocycles. The molecule has 1 aliphatic heterocycles. The summed E-state index contributed by atoms with van der Waals surface area (Å²) in [7, 11) is 0. The van der Waals surface area contributed by atoms with Gasteiger partial charge in [-0.3, -0.25) is 0 Å². The molecule has 118 valence electrons. The van der Waals surface area contributed by atoms with Gasteiger partial charge in [0, 0.05) is 24.2 Å². The fourth-order valence-corrected chi connectivity index (χ4v) is 3.89. The molecule has 0 saturated heterocycles. The number of benzene rings is 1. The molecule has 5 aromatic rings. The number of hydrogen-bond acceptors (Lipinski definition) is 2. The average Bonchev–Trinajstić information content (AvgIpc) is 3.30. The lowest BCUT2D eigenvalue weighted by Crippen LogP contribution is -2.31. The van der Waals surface area contributed by atoms with E-state index in [4.69, 9.17) is 0 Å². The van der Waals surface area contributed by atoms with Crippen LogP contribution >= 0.6 is 0 Å². The Labute approximate surface area is 143 Å². The normalized spacial score (nSPS) is 12.6. The number of imidazole rings is 1. The van der Waals surface area contributed by atoms with E-state index in [0.717, 1.165) is 34.9 Å². The second-order valence-corrected chi connectivity index (χ2v) is 6.31. The zero-order chi connectivity index (χ0) is 16.4. The van der Waals surface area contributed by atoms with Crippen LogP contribution in [0.3, 0.4) is 0 Å². The van der Waals surface area contributed by atoms with Crippen molar-refractivity contribution in [1.29, 1.82) is 0 Å². The Hall–Kier alpha value is -3.47. The van der Waals surface area contributed by atoms with E-state index in [1.807, 2.05) is 36.8 Å². The molecule has 0 spiro atoms. The smallest absolute Gasteiger partial charge is 0.300 e. The summed E-state index contributed by atoms with van der Waals surface area (Å²) in [5.41, 5.74) is 6.69. The fraction of sp³-hybridized carbons (Fsp3) is 0.0500. The van der Waals surface area contributed by atoms with Crippen LogP contribution in [0.25, 0.3) is 33.9 Å².